The molecule has 0 saturated carbocycles. The highest BCUT2D eigenvalue weighted by atomic mass is 16.8. The zero-order valence-electron chi connectivity index (χ0n) is 14.3. The highest BCUT2D eigenvalue weighted by Gasteiger charge is 2.50. The summed E-state index contributed by atoms with van der Waals surface area (Å²) < 4.78 is 39.5. The third-order valence-corrected chi connectivity index (χ3v) is 4.45. The van der Waals surface area contributed by atoms with Crippen LogP contribution in [-0.4, -0.2) is 65.8 Å². The fourth-order valence-corrected chi connectivity index (χ4v) is 3.18. The Balaban J connectivity index is 1.76. The Kier molecular flexibility index (Phi) is 5.70. The predicted octanol–water partition coefficient (Wildman–Crippen LogP) is 1.51. The van der Waals surface area contributed by atoms with E-state index in [1.807, 2.05) is 24.3 Å². The first-order chi connectivity index (χ1) is 11.7. The minimum atomic E-state index is -0.522. The summed E-state index contributed by atoms with van der Waals surface area (Å²) in [6.07, 6.45) is -2.30. The van der Waals surface area contributed by atoms with E-state index in [1.165, 1.54) is 0 Å². The van der Waals surface area contributed by atoms with Crippen molar-refractivity contribution in [1.29, 1.82) is 0 Å². The summed E-state index contributed by atoms with van der Waals surface area (Å²) in [5.74, 6) is 0.783. The van der Waals surface area contributed by atoms with E-state index in [0.29, 0.717) is 6.61 Å². The minimum absolute atomic E-state index is 0.277. The molecule has 0 aliphatic carbocycles. The molecule has 24 heavy (non-hydrogen) atoms. The van der Waals surface area contributed by atoms with Gasteiger partial charge in [-0.1, -0.05) is 12.1 Å². The molecule has 2 heterocycles. The average Bonchev–Trinajstić information content (AvgIpc) is 2.65. The van der Waals surface area contributed by atoms with Crippen LogP contribution < -0.4 is 4.74 Å². The maximum absolute atomic E-state index is 6.13. The van der Waals surface area contributed by atoms with Gasteiger partial charge in [-0.15, -0.1) is 0 Å². The first kappa shape index (κ1) is 17.6. The first-order valence-corrected chi connectivity index (χ1v) is 7.86. The molecule has 3 rings (SSSR count). The van der Waals surface area contributed by atoms with Crippen molar-refractivity contribution in [3.05, 3.63) is 29.8 Å². The van der Waals surface area contributed by atoms with Crippen molar-refractivity contribution in [3.8, 4) is 5.75 Å². The van der Waals surface area contributed by atoms with Gasteiger partial charge in [0, 0.05) is 26.9 Å². The van der Waals surface area contributed by atoms with E-state index in [-0.39, 0.29) is 24.4 Å². The monoisotopic (exact) mass is 340 g/mol. The molecule has 1 aromatic carbocycles. The molecule has 0 amide bonds. The fourth-order valence-electron chi connectivity index (χ4n) is 3.18. The van der Waals surface area contributed by atoms with E-state index in [2.05, 4.69) is 0 Å². The molecule has 0 spiro atoms. The van der Waals surface area contributed by atoms with Crippen molar-refractivity contribution >= 4 is 0 Å². The lowest BCUT2D eigenvalue weighted by Crippen LogP contribution is -2.63. The molecular weight excluding hydrogens is 316 g/mol. The standard InChI is InChI=1S/C17H24O7/c1-18-11-7-5-10(6-8-11)16-22-9-12-13(24-16)14(19-2)15(20-3)17(21-4)23-12/h5-8,12-17H,9H2,1-4H3/t12-,13-,14+,15-,16-,17+/m1/s1. The quantitative estimate of drug-likeness (QED) is 0.805. The number of hydrogen-bond acceptors (Lipinski definition) is 7. The maximum atomic E-state index is 6.13. The summed E-state index contributed by atoms with van der Waals surface area (Å²) in [5, 5.41) is 0. The lowest BCUT2D eigenvalue weighted by molar-refractivity contribution is -0.363. The van der Waals surface area contributed by atoms with Crippen molar-refractivity contribution in [2.75, 3.05) is 35.0 Å². The summed E-state index contributed by atoms with van der Waals surface area (Å²) in [6.45, 7) is 0.386. The molecule has 7 heteroatoms. The summed E-state index contributed by atoms with van der Waals surface area (Å²) in [7, 11) is 6.45. The predicted molar refractivity (Wildman–Crippen MR) is 83.8 cm³/mol. The zero-order chi connectivity index (χ0) is 17.1. The molecule has 2 saturated heterocycles. The van der Waals surface area contributed by atoms with E-state index in [4.69, 9.17) is 33.2 Å². The van der Waals surface area contributed by atoms with Gasteiger partial charge in [0.1, 0.15) is 30.2 Å². The summed E-state index contributed by atoms with van der Waals surface area (Å²) in [4.78, 5) is 0. The second-order valence-corrected chi connectivity index (χ2v) is 5.72. The Hall–Kier alpha value is -1.22. The topological polar surface area (TPSA) is 64.6 Å². The van der Waals surface area contributed by atoms with Gasteiger partial charge in [0.05, 0.1) is 13.7 Å². The molecule has 0 unspecified atom stereocenters. The SMILES string of the molecule is COc1ccc([C@@H]2OC[C@H]3O[C@H](OC)[C@H](OC)[C@@H](OC)[C@@H]3O2)cc1. The summed E-state index contributed by atoms with van der Waals surface area (Å²) in [6, 6.07) is 7.58. The molecule has 0 aromatic heterocycles. The number of ether oxygens (including phenoxy) is 7. The van der Waals surface area contributed by atoms with E-state index in [1.54, 1.807) is 28.4 Å². The van der Waals surface area contributed by atoms with Crippen molar-refractivity contribution in [1.82, 2.24) is 0 Å². The smallest absolute Gasteiger partial charge is 0.186 e. The third-order valence-electron chi connectivity index (χ3n) is 4.45. The van der Waals surface area contributed by atoms with Gasteiger partial charge >= 0.3 is 0 Å². The van der Waals surface area contributed by atoms with Crippen molar-refractivity contribution in [3.63, 3.8) is 0 Å². The van der Waals surface area contributed by atoms with Crippen LogP contribution in [0.5, 0.6) is 5.75 Å². The normalized spacial score (nSPS) is 36.2. The highest BCUT2D eigenvalue weighted by Crippen LogP contribution is 2.36. The summed E-state index contributed by atoms with van der Waals surface area (Å²) in [5.41, 5.74) is 0.909. The van der Waals surface area contributed by atoms with E-state index >= 15 is 0 Å². The van der Waals surface area contributed by atoms with Gasteiger partial charge in [-0.05, 0) is 12.1 Å². The molecule has 134 valence electrons. The molecule has 7 nitrogen and oxygen atoms in total. The van der Waals surface area contributed by atoms with Crippen LogP contribution >= 0.6 is 0 Å². The lowest BCUT2D eigenvalue weighted by atomic mass is 9.97. The van der Waals surface area contributed by atoms with Gasteiger partial charge in [0.2, 0.25) is 0 Å². The van der Waals surface area contributed by atoms with E-state index in [9.17, 15) is 0 Å². The average molecular weight is 340 g/mol. The maximum Gasteiger partial charge on any atom is 0.186 e. The van der Waals surface area contributed by atoms with Crippen LogP contribution in [0.15, 0.2) is 24.3 Å². The van der Waals surface area contributed by atoms with Crippen molar-refractivity contribution in [2.24, 2.45) is 0 Å². The van der Waals surface area contributed by atoms with Gasteiger partial charge < -0.3 is 33.2 Å². The third kappa shape index (κ3) is 3.28. The number of rotatable bonds is 5. The van der Waals surface area contributed by atoms with Gasteiger partial charge in [0.25, 0.3) is 0 Å². The van der Waals surface area contributed by atoms with Crippen LogP contribution in [0, 0.1) is 0 Å². The number of hydrogen-bond donors (Lipinski definition) is 0. The van der Waals surface area contributed by atoms with E-state index < -0.39 is 12.6 Å². The van der Waals surface area contributed by atoms with Gasteiger partial charge in [-0.3, -0.25) is 0 Å². The second kappa shape index (κ2) is 7.77. The van der Waals surface area contributed by atoms with Crippen LogP contribution in [0.2, 0.25) is 0 Å². The molecule has 1 aromatic rings. The van der Waals surface area contributed by atoms with Crippen LogP contribution in [0.3, 0.4) is 0 Å². The Morgan fingerprint density at radius 2 is 1.58 bits per heavy atom. The Morgan fingerprint density at radius 3 is 2.17 bits per heavy atom. The van der Waals surface area contributed by atoms with Crippen LogP contribution in [-0.2, 0) is 28.4 Å². The van der Waals surface area contributed by atoms with Crippen molar-refractivity contribution < 1.29 is 33.2 Å². The summed E-state index contributed by atoms with van der Waals surface area (Å²) >= 11 is 0. The van der Waals surface area contributed by atoms with Crippen LogP contribution in [0.1, 0.15) is 11.9 Å². The largest absolute Gasteiger partial charge is 0.497 e. The minimum Gasteiger partial charge on any atom is -0.497 e. The molecule has 6 atom stereocenters. The first-order valence-electron chi connectivity index (χ1n) is 7.86. The Bertz CT molecular complexity index is 520. The number of methoxy groups -OCH3 is 4. The van der Waals surface area contributed by atoms with Gasteiger partial charge in [0.15, 0.2) is 12.6 Å². The molecule has 0 bridgehead atoms. The van der Waals surface area contributed by atoms with Gasteiger partial charge in [-0.25, -0.2) is 0 Å². The Morgan fingerprint density at radius 1 is 0.875 bits per heavy atom. The molecule has 2 aliphatic heterocycles. The van der Waals surface area contributed by atoms with Gasteiger partial charge in [-0.2, -0.15) is 0 Å². The molecule has 2 fully saturated rings. The molecule has 0 radical (unpaired) electrons. The molecular formula is C17H24O7. The Labute approximate surface area is 141 Å². The molecule has 2 aliphatic rings. The number of benzene rings is 1. The number of fused-ring (bicyclic) bond motifs is 1. The van der Waals surface area contributed by atoms with Crippen LogP contribution in [0.25, 0.3) is 0 Å². The fraction of sp³-hybridized carbons (Fsp3) is 0.647. The second-order valence-electron chi connectivity index (χ2n) is 5.72. The van der Waals surface area contributed by atoms with E-state index in [0.717, 1.165) is 11.3 Å². The zero-order valence-corrected chi connectivity index (χ0v) is 14.3. The highest BCUT2D eigenvalue weighted by molar-refractivity contribution is 5.28. The molecule has 0 N–H and O–H groups in total. The van der Waals surface area contributed by atoms with Crippen molar-refractivity contribution in [2.45, 2.75) is 37.0 Å². The van der Waals surface area contributed by atoms with Crippen LogP contribution in [0.4, 0.5) is 0 Å². The lowest BCUT2D eigenvalue weighted by Gasteiger charge is -2.48.